The van der Waals surface area contributed by atoms with E-state index in [2.05, 4.69) is 15.3 Å². The van der Waals surface area contributed by atoms with Gasteiger partial charge in [0.1, 0.15) is 10.6 Å². The number of aliphatic hydroxyl groups excluding tert-OH is 1. The van der Waals surface area contributed by atoms with E-state index in [1.807, 2.05) is 13.0 Å². The Balaban J connectivity index is 1.93. The van der Waals surface area contributed by atoms with Gasteiger partial charge in [0.05, 0.1) is 5.69 Å². The monoisotopic (exact) mass is 343 g/mol. The molecule has 0 saturated heterocycles. The summed E-state index contributed by atoms with van der Waals surface area (Å²) in [5.74, 6) is -0.494. The zero-order chi connectivity index (χ0) is 17.3. The molecule has 0 saturated carbocycles. The SMILES string of the molecule is CCc1ccc(C(O)=C2CCc3nc(NC(C)=O)sc3C2=O)cn1. The van der Waals surface area contributed by atoms with Crippen LogP contribution in [0.3, 0.4) is 0 Å². The van der Waals surface area contributed by atoms with Crippen LogP contribution in [-0.4, -0.2) is 26.8 Å². The first-order valence-corrected chi connectivity index (χ1v) is 8.50. The molecule has 7 heteroatoms. The van der Waals surface area contributed by atoms with Crippen LogP contribution in [0.1, 0.15) is 46.9 Å². The number of Topliss-reactive ketones (excluding diaryl/α,β-unsaturated/α-hetero) is 1. The Labute approximate surface area is 143 Å². The molecule has 3 rings (SSSR count). The van der Waals surface area contributed by atoms with Crippen LogP contribution in [0.4, 0.5) is 5.13 Å². The third kappa shape index (κ3) is 3.07. The maximum atomic E-state index is 12.7. The number of nitrogens with one attached hydrogen (secondary N) is 1. The fraction of sp³-hybridized carbons (Fsp3) is 0.294. The van der Waals surface area contributed by atoms with Crippen molar-refractivity contribution < 1.29 is 14.7 Å². The summed E-state index contributed by atoms with van der Waals surface area (Å²) in [6.07, 6.45) is 3.36. The molecule has 0 fully saturated rings. The van der Waals surface area contributed by atoms with Gasteiger partial charge in [0.2, 0.25) is 11.7 Å². The number of pyridine rings is 1. The van der Waals surface area contributed by atoms with E-state index in [9.17, 15) is 14.7 Å². The number of carbonyl (C=O) groups is 2. The topological polar surface area (TPSA) is 92.2 Å². The minimum Gasteiger partial charge on any atom is -0.507 e. The lowest BCUT2D eigenvalue weighted by Crippen LogP contribution is -2.14. The van der Waals surface area contributed by atoms with Crippen LogP contribution in [-0.2, 0) is 17.6 Å². The second-order valence-electron chi connectivity index (χ2n) is 5.52. The lowest BCUT2D eigenvalue weighted by Gasteiger charge is -2.14. The van der Waals surface area contributed by atoms with Crippen LogP contribution < -0.4 is 5.32 Å². The first-order chi connectivity index (χ1) is 11.5. The Bertz CT molecular complexity index is 837. The van der Waals surface area contributed by atoms with Crippen LogP contribution >= 0.6 is 11.3 Å². The van der Waals surface area contributed by atoms with Crippen molar-refractivity contribution in [1.82, 2.24) is 9.97 Å². The number of hydrogen-bond acceptors (Lipinski definition) is 6. The maximum absolute atomic E-state index is 12.7. The Morgan fingerprint density at radius 2 is 2.17 bits per heavy atom. The highest BCUT2D eigenvalue weighted by Gasteiger charge is 2.29. The van der Waals surface area contributed by atoms with Crippen molar-refractivity contribution in [3.05, 3.63) is 45.7 Å². The summed E-state index contributed by atoms with van der Waals surface area (Å²) in [7, 11) is 0. The zero-order valence-corrected chi connectivity index (χ0v) is 14.2. The molecule has 2 heterocycles. The van der Waals surface area contributed by atoms with Gasteiger partial charge in [0.15, 0.2) is 5.13 Å². The molecule has 0 atom stereocenters. The Morgan fingerprint density at radius 1 is 1.38 bits per heavy atom. The largest absolute Gasteiger partial charge is 0.507 e. The molecule has 0 aliphatic heterocycles. The predicted octanol–water partition coefficient (Wildman–Crippen LogP) is 3.16. The number of aliphatic hydroxyl groups is 1. The van der Waals surface area contributed by atoms with Gasteiger partial charge < -0.3 is 10.4 Å². The summed E-state index contributed by atoms with van der Waals surface area (Å²) >= 11 is 1.14. The van der Waals surface area contributed by atoms with Crippen LogP contribution in [0.2, 0.25) is 0 Å². The normalized spacial score (nSPS) is 15.8. The van der Waals surface area contributed by atoms with Crippen LogP contribution in [0, 0.1) is 0 Å². The Morgan fingerprint density at radius 3 is 2.79 bits per heavy atom. The minimum absolute atomic E-state index is 0.0321. The first-order valence-electron chi connectivity index (χ1n) is 7.69. The number of amides is 1. The second kappa shape index (κ2) is 6.52. The van der Waals surface area contributed by atoms with Gasteiger partial charge in [-0.15, -0.1) is 0 Å². The van der Waals surface area contributed by atoms with E-state index >= 15 is 0 Å². The van der Waals surface area contributed by atoms with Gasteiger partial charge in [-0.2, -0.15) is 0 Å². The molecule has 6 nitrogen and oxygen atoms in total. The highest BCUT2D eigenvalue weighted by molar-refractivity contribution is 7.18. The third-order valence-corrected chi connectivity index (χ3v) is 4.83. The molecular weight excluding hydrogens is 326 g/mol. The van der Waals surface area contributed by atoms with Crippen molar-refractivity contribution in [2.75, 3.05) is 5.32 Å². The molecule has 1 aliphatic rings. The summed E-state index contributed by atoms with van der Waals surface area (Å²) in [5, 5.41) is 13.5. The van der Waals surface area contributed by atoms with E-state index in [1.54, 1.807) is 12.3 Å². The lowest BCUT2D eigenvalue weighted by molar-refractivity contribution is -0.114. The zero-order valence-electron chi connectivity index (χ0n) is 13.4. The predicted molar refractivity (Wildman–Crippen MR) is 92.2 cm³/mol. The smallest absolute Gasteiger partial charge is 0.223 e. The summed E-state index contributed by atoms with van der Waals surface area (Å²) < 4.78 is 0. The van der Waals surface area contributed by atoms with E-state index in [4.69, 9.17) is 0 Å². The fourth-order valence-corrected chi connectivity index (χ4v) is 3.60. The Hall–Kier alpha value is -2.54. The quantitative estimate of drug-likeness (QED) is 0.660. The molecule has 1 amide bonds. The summed E-state index contributed by atoms with van der Waals surface area (Å²) in [6.45, 7) is 3.40. The van der Waals surface area contributed by atoms with Crippen LogP contribution in [0.25, 0.3) is 5.76 Å². The van der Waals surface area contributed by atoms with Gasteiger partial charge in [-0.3, -0.25) is 14.6 Å². The molecule has 0 unspecified atom stereocenters. The minimum atomic E-state index is -0.234. The number of aryl methyl sites for hydroxylation is 2. The number of hydrogen-bond donors (Lipinski definition) is 2. The average molecular weight is 343 g/mol. The Kier molecular flexibility index (Phi) is 4.44. The number of aromatic nitrogens is 2. The number of fused-ring (bicyclic) bond motifs is 1. The van der Waals surface area contributed by atoms with Crippen molar-refractivity contribution in [2.24, 2.45) is 0 Å². The number of anilines is 1. The molecule has 0 bridgehead atoms. The number of ketones is 1. The molecular formula is C17H17N3O3S. The van der Waals surface area contributed by atoms with Gasteiger partial charge in [-0.25, -0.2) is 4.98 Å². The van der Waals surface area contributed by atoms with E-state index < -0.39 is 0 Å². The van der Waals surface area contributed by atoms with Crippen LogP contribution in [0.5, 0.6) is 0 Å². The summed E-state index contributed by atoms with van der Waals surface area (Å²) in [6, 6.07) is 3.61. The third-order valence-electron chi connectivity index (χ3n) is 3.82. The number of thiazole rings is 1. The molecule has 24 heavy (non-hydrogen) atoms. The van der Waals surface area contributed by atoms with Crippen molar-refractivity contribution in [1.29, 1.82) is 0 Å². The second-order valence-corrected chi connectivity index (χ2v) is 6.52. The van der Waals surface area contributed by atoms with E-state index in [1.165, 1.54) is 6.92 Å². The van der Waals surface area contributed by atoms with Gasteiger partial charge >= 0.3 is 0 Å². The molecule has 1 aliphatic carbocycles. The number of nitrogens with zero attached hydrogens (tertiary/aromatic N) is 2. The standard InChI is InChI=1S/C17H17N3O3S/c1-3-11-5-4-10(8-18-11)14(22)12-6-7-13-16(15(12)23)24-17(20-13)19-9(2)21/h4-5,8,22H,3,6-7H2,1-2H3,(H,19,20,21). The highest BCUT2D eigenvalue weighted by atomic mass is 32.1. The average Bonchev–Trinajstić information content (AvgIpc) is 2.97. The highest BCUT2D eigenvalue weighted by Crippen LogP contribution is 2.34. The molecule has 124 valence electrons. The summed E-state index contributed by atoms with van der Waals surface area (Å²) in [4.78, 5) is 32.8. The van der Waals surface area contributed by atoms with Crippen molar-refractivity contribution in [2.45, 2.75) is 33.1 Å². The van der Waals surface area contributed by atoms with Gasteiger partial charge in [-0.1, -0.05) is 18.3 Å². The lowest BCUT2D eigenvalue weighted by atomic mass is 9.93. The molecule has 2 aromatic heterocycles. The number of allylic oxidation sites excluding steroid dienone is 1. The molecule has 0 aromatic carbocycles. The van der Waals surface area contributed by atoms with Crippen LogP contribution in [0.15, 0.2) is 23.9 Å². The van der Waals surface area contributed by atoms with Crippen molar-refractivity contribution in [3.8, 4) is 0 Å². The molecule has 2 aromatic rings. The number of carbonyl (C=O) groups excluding carboxylic acids is 2. The van der Waals surface area contributed by atoms with Gasteiger partial charge in [-0.05, 0) is 31.4 Å². The van der Waals surface area contributed by atoms with E-state index in [-0.39, 0.29) is 17.4 Å². The molecule has 0 spiro atoms. The maximum Gasteiger partial charge on any atom is 0.223 e. The number of rotatable bonds is 3. The van der Waals surface area contributed by atoms with E-state index in [0.717, 1.165) is 23.5 Å². The molecule has 0 radical (unpaired) electrons. The van der Waals surface area contributed by atoms with Crippen molar-refractivity contribution >= 4 is 33.9 Å². The molecule has 2 N–H and O–H groups in total. The van der Waals surface area contributed by atoms with Gasteiger partial charge in [0.25, 0.3) is 0 Å². The van der Waals surface area contributed by atoms with E-state index in [0.29, 0.717) is 39.7 Å². The first kappa shape index (κ1) is 16.3. The summed E-state index contributed by atoms with van der Waals surface area (Å²) in [5.41, 5.74) is 2.50. The van der Waals surface area contributed by atoms with Crippen molar-refractivity contribution in [3.63, 3.8) is 0 Å². The fourth-order valence-electron chi connectivity index (χ4n) is 2.57. The van der Waals surface area contributed by atoms with Gasteiger partial charge in [0, 0.05) is 30.0 Å².